The molecule has 0 spiro atoms. The van der Waals surface area contributed by atoms with E-state index in [1.165, 1.54) is 16.8 Å². The number of fused-ring (bicyclic) bond motifs is 1. The number of benzene rings is 1. The van der Waals surface area contributed by atoms with Gasteiger partial charge in [0.2, 0.25) is 0 Å². The van der Waals surface area contributed by atoms with Gasteiger partial charge in [-0.2, -0.15) is 0 Å². The lowest BCUT2D eigenvalue weighted by atomic mass is 10.1. The van der Waals surface area contributed by atoms with Crippen molar-refractivity contribution in [2.45, 2.75) is 13.0 Å². The first-order chi connectivity index (χ1) is 5.40. The number of anilines is 1. The van der Waals surface area contributed by atoms with Crippen LogP contribution in [0.15, 0.2) is 18.2 Å². The number of nitrogens with two attached hydrogens (primary N) is 1. The van der Waals surface area contributed by atoms with Gasteiger partial charge in [-0.1, -0.05) is 12.1 Å². The fraction of sp³-hybridized carbons (Fsp3) is 0.333. The third-order valence-corrected chi connectivity index (χ3v) is 2.12. The second-order valence-corrected chi connectivity index (χ2v) is 2.87. The largest absolute Gasteiger partial charge is 0.384 e. The first kappa shape index (κ1) is 6.68. The Labute approximate surface area is 66.4 Å². The third kappa shape index (κ3) is 1.10. The lowest BCUT2D eigenvalue weighted by Crippen LogP contribution is -1.96. The average molecular weight is 148 g/mol. The SMILES string of the molecule is NCc1ccc2c(c1)CCN2. The molecule has 0 saturated heterocycles. The van der Waals surface area contributed by atoms with Crippen LogP contribution in [-0.4, -0.2) is 6.54 Å². The lowest BCUT2D eigenvalue weighted by molar-refractivity contribution is 1.05. The molecule has 11 heavy (non-hydrogen) atoms. The van der Waals surface area contributed by atoms with Crippen LogP contribution in [0.5, 0.6) is 0 Å². The van der Waals surface area contributed by atoms with Crippen molar-refractivity contribution >= 4 is 5.69 Å². The van der Waals surface area contributed by atoms with Gasteiger partial charge in [-0.15, -0.1) is 0 Å². The van der Waals surface area contributed by atoms with Gasteiger partial charge in [0.15, 0.2) is 0 Å². The molecule has 0 radical (unpaired) electrons. The Morgan fingerprint density at radius 2 is 2.36 bits per heavy atom. The molecule has 0 amide bonds. The van der Waals surface area contributed by atoms with Crippen molar-refractivity contribution in [2.24, 2.45) is 5.73 Å². The summed E-state index contributed by atoms with van der Waals surface area (Å²) in [4.78, 5) is 0. The van der Waals surface area contributed by atoms with Crippen LogP contribution in [0.4, 0.5) is 5.69 Å². The van der Waals surface area contributed by atoms with E-state index < -0.39 is 0 Å². The maximum absolute atomic E-state index is 5.52. The molecule has 1 aliphatic rings. The van der Waals surface area contributed by atoms with Crippen molar-refractivity contribution in [3.63, 3.8) is 0 Å². The molecule has 2 heteroatoms. The molecule has 58 valence electrons. The van der Waals surface area contributed by atoms with Crippen molar-refractivity contribution in [3.8, 4) is 0 Å². The molecule has 1 aliphatic heterocycles. The summed E-state index contributed by atoms with van der Waals surface area (Å²) < 4.78 is 0. The highest BCUT2D eigenvalue weighted by atomic mass is 14.9. The standard InChI is InChI=1S/C9H12N2/c10-6-7-1-2-9-8(5-7)3-4-11-9/h1-2,5,11H,3-4,6,10H2. The summed E-state index contributed by atoms with van der Waals surface area (Å²) in [5, 5.41) is 3.31. The number of rotatable bonds is 1. The molecule has 0 fully saturated rings. The minimum absolute atomic E-state index is 0.646. The van der Waals surface area contributed by atoms with Crippen LogP contribution in [0.1, 0.15) is 11.1 Å². The zero-order chi connectivity index (χ0) is 7.68. The predicted molar refractivity (Wildman–Crippen MR) is 46.5 cm³/mol. The Hall–Kier alpha value is -1.02. The molecule has 0 saturated carbocycles. The van der Waals surface area contributed by atoms with E-state index in [9.17, 15) is 0 Å². The molecule has 0 bridgehead atoms. The van der Waals surface area contributed by atoms with Gasteiger partial charge in [-0.05, 0) is 23.6 Å². The third-order valence-electron chi connectivity index (χ3n) is 2.12. The van der Waals surface area contributed by atoms with Crippen molar-refractivity contribution < 1.29 is 0 Å². The van der Waals surface area contributed by atoms with E-state index in [0.29, 0.717) is 6.54 Å². The molecule has 1 aromatic carbocycles. The molecule has 2 rings (SSSR count). The van der Waals surface area contributed by atoms with Crippen LogP contribution in [0, 0.1) is 0 Å². The number of hydrogen-bond acceptors (Lipinski definition) is 2. The monoisotopic (exact) mass is 148 g/mol. The quantitative estimate of drug-likeness (QED) is 0.626. The normalized spacial score (nSPS) is 14.3. The van der Waals surface area contributed by atoms with Gasteiger partial charge in [-0.3, -0.25) is 0 Å². The maximum Gasteiger partial charge on any atom is 0.0373 e. The molecule has 0 atom stereocenters. The van der Waals surface area contributed by atoms with Gasteiger partial charge in [-0.25, -0.2) is 0 Å². The Balaban J connectivity index is 2.41. The molecule has 1 aromatic rings. The first-order valence-corrected chi connectivity index (χ1v) is 3.96. The molecule has 0 aliphatic carbocycles. The van der Waals surface area contributed by atoms with Crippen molar-refractivity contribution in [3.05, 3.63) is 29.3 Å². The summed E-state index contributed by atoms with van der Waals surface area (Å²) in [6.07, 6.45) is 1.14. The minimum Gasteiger partial charge on any atom is -0.384 e. The van der Waals surface area contributed by atoms with Crippen molar-refractivity contribution in [1.82, 2.24) is 0 Å². The second-order valence-electron chi connectivity index (χ2n) is 2.87. The zero-order valence-electron chi connectivity index (χ0n) is 6.43. The minimum atomic E-state index is 0.646. The molecular weight excluding hydrogens is 136 g/mol. The second kappa shape index (κ2) is 2.55. The topological polar surface area (TPSA) is 38.0 Å². The highest BCUT2D eigenvalue weighted by Gasteiger charge is 2.08. The molecule has 0 unspecified atom stereocenters. The van der Waals surface area contributed by atoms with Gasteiger partial charge >= 0.3 is 0 Å². The highest BCUT2D eigenvalue weighted by molar-refractivity contribution is 5.56. The summed E-state index contributed by atoms with van der Waals surface area (Å²) in [6, 6.07) is 6.39. The van der Waals surface area contributed by atoms with Crippen LogP contribution in [0.25, 0.3) is 0 Å². The van der Waals surface area contributed by atoms with Gasteiger partial charge in [0.05, 0.1) is 0 Å². The number of hydrogen-bond donors (Lipinski definition) is 2. The van der Waals surface area contributed by atoms with Crippen LogP contribution < -0.4 is 11.1 Å². The van der Waals surface area contributed by atoms with Crippen molar-refractivity contribution in [2.75, 3.05) is 11.9 Å². The Bertz CT molecular complexity index is 268. The fourth-order valence-corrected chi connectivity index (χ4v) is 1.49. The van der Waals surface area contributed by atoms with Crippen LogP contribution in [0.2, 0.25) is 0 Å². The highest BCUT2D eigenvalue weighted by Crippen LogP contribution is 2.22. The Morgan fingerprint density at radius 3 is 3.18 bits per heavy atom. The van der Waals surface area contributed by atoms with Crippen LogP contribution in [0.3, 0.4) is 0 Å². The van der Waals surface area contributed by atoms with E-state index in [1.54, 1.807) is 0 Å². The average Bonchev–Trinajstić information content (AvgIpc) is 2.50. The van der Waals surface area contributed by atoms with E-state index in [2.05, 4.69) is 23.5 Å². The van der Waals surface area contributed by atoms with Gasteiger partial charge in [0.25, 0.3) is 0 Å². The van der Waals surface area contributed by atoms with E-state index in [-0.39, 0.29) is 0 Å². The fourth-order valence-electron chi connectivity index (χ4n) is 1.49. The van der Waals surface area contributed by atoms with E-state index >= 15 is 0 Å². The van der Waals surface area contributed by atoms with Crippen LogP contribution in [-0.2, 0) is 13.0 Å². The van der Waals surface area contributed by atoms with E-state index in [0.717, 1.165) is 13.0 Å². The Morgan fingerprint density at radius 1 is 1.45 bits per heavy atom. The smallest absolute Gasteiger partial charge is 0.0373 e. The summed E-state index contributed by atoms with van der Waals surface area (Å²) in [6.45, 7) is 1.72. The summed E-state index contributed by atoms with van der Waals surface area (Å²) in [5.41, 5.74) is 9.44. The zero-order valence-corrected chi connectivity index (χ0v) is 6.43. The maximum atomic E-state index is 5.52. The molecule has 2 nitrogen and oxygen atoms in total. The molecular formula is C9H12N2. The van der Waals surface area contributed by atoms with Gasteiger partial charge in [0.1, 0.15) is 0 Å². The lowest BCUT2D eigenvalue weighted by Gasteiger charge is -2.01. The molecule has 0 aromatic heterocycles. The van der Waals surface area contributed by atoms with Gasteiger partial charge in [0, 0.05) is 18.8 Å². The molecule has 1 heterocycles. The summed E-state index contributed by atoms with van der Waals surface area (Å²) in [7, 11) is 0. The summed E-state index contributed by atoms with van der Waals surface area (Å²) in [5.74, 6) is 0. The van der Waals surface area contributed by atoms with Crippen LogP contribution >= 0.6 is 0 Å². The first-order valence-electron chi connectivity index (χ1n) is 3.96. The van der Waals surface area contributed by atoms with E-state index in [1.807, 2.05) is 0 Å². The summed E-state index contributed by atoms with van der Waals surface area (Å²) >= 11 is 0. The number of nitrogens with one attached hydrogen (secondary N) is 1. The Kier molecular flexibility index (Phi) is 1.55. The predicted octanol–water partition coefficient (Wildman–Crippen LogP) is 1.11. The molecule has 3 N–H and O–H groups in total. The van der Waals surface area contributed by atoms with E-state index in [4.69, 9.17) is 5.73 Å². The van der Waals surface area contributed by atoms with Gasteiger partial charge < -0.3 is 11.1 Å². The van der Waals surface area contributed by atoms with Crippen molar-refractivity contribution in [1.29, 1.82) is 0 Å².